The number of alkyl carbamates (subject to hydrolysis) is 1. The Labute approximate surface area is 221 Å². The Balaban J connectivity index is 1.51. The zero-order valence-corrected chi connectivity index (χ0v) is 22.3. The molecule has 204 valence electrons. The molecule has 1 aliphatic rings. The number of nitrogens with zero attached hydrogens (tertiary/aromatic N) is 4. The molecule has 2 aromatic rings. The fourth-order valence-corrected chi connectivity index (χ4v) is 3.84. The van der Waals surface area contributed by atoms with Gasteiger partial charge in [0, 0.05) is 49.9 Å². The van der Waals surface area contributed by atoms with Crippen LogP contribution in [-0.4, -0.2) is 81.0 Å². The minimum Gasteiger partial charge on any atom is -0.444 e. The van der Waals surface area contributed by atoms with Crippen molar-refractivity contribution in [3.8, 4) is 5.69 Å². The fourth-order valence-electron chi connectivity index (χ4n) is 3.84. The molecule has 38 heavy (non-hydrogen) atoms. The van der Waals surface area contributed by atoms with Crippen LogP contribution in [0.2, 0.25) is 0 Å². The lowest BCUT2D eigenvalue weighted by Gasteiger charge is -2.36. The van der Waals surface area contributed by atoms with Crippen LogP contribution in [0, 0.1) is 0 Å². The van der Waals surface area contributed by atoms with Crippen LogP contribution in [0.25, 0.3) is 5.69 Å². The SMILES string of the molecule is CC(C)(CC(=O)N1CCN(C(=O)Nc2ccn(-c3ccc(C=O)cc3)c(=O)n2)CC1)NC(=O)OC(C)(C)C. The van der Waals surface area contributed by atoms with E-state index < -0.39 is 29.0 Å². The van der Waals surface area contributed by atoms with Gasteiger partial charge in [-0.15, -0.1) is 0 Å². The van der Waals surface area contributed by atoms with Crippen molar-refractivity contribution in [3.63, 3.8) is 0 Å². The fraction of sp³-hybridized carbons (Fsp3) is 0.462. The summed E-state index contributed by atoms with van der Waals surface area (Å²) in [4.78, 5) is 68.0. The number of ether oxygens (including phenoxy) is 1. The van der Waals surface area contributed by atoms with E-state index in [0.717, 1.165) is 0 Å². The molecule has 2 heterocycles. The van der Waals surface area contributed by atoms with E-state index in [-0.39, 0.29) is 18.1 Å². The van der Waals surface area contributed by atoms with Crippen LogP contribution in [0.15, 0.2) is 41.3 Å². The number of piperazine rings is 1. The molecular formula is C26H34N6O6. The Kier molecular flexibility index (Phi) is 8.54. The van der Waals surface area contributed by atoms with Crippen LogP contribution in [-0.2, 0) is 9.53 Å². The van der Waals surface area contributed by atoms with Crippen molar-refractivity contribution < 1.29 is 23.9 Å². The van der Waals surface area contributed by atoms with Crippen LogP contribution >= 0.6 is 0 Å². The molecule has 0 atom stereocenters. The summed E-state index contributed by atoms with van der Waals surface area (Å²) in [7, 11) is 0. The van der Waals surface area contributed by atoms with Gasteiger partial charge in [0.2, 0.25) is 5.91 Å². The van der Waals surface area contributed by atoms with Gasteiger partial charge in [-0.3, -0.25) is 19.5 Å². The number of aromatic nitrogens is 2. The number of anilines is 1. The van der Waals surface area contributed by atoms with Crippen LogP contribution in [0.5, 0.6) is 0 Å². The number of rotatable bonds is 6. The zero-order valence-electron chi connectivity index (χ0n) is 22.3. The van der Waals surface area contributed by atoms with Gasteiger partial charge in [0.1, 0.15) is 17.7 Å². The summed E-state index contributed by atoms with van der Waals surface area (Å²) in [6, 6.07) is 7.51. The van der Waals surface area contributed by atoms with E-state index in [2.05, 4.69) is 15.6 Å². The molecule has 1 fully saturated rings. The highest BCUT2D eigenvalue weighted by molar-refractivity contribution is 5.88. The molecule has 0 spiro atoms. The summed E-state index contributed by atoms with van der Waals surface area (Å²) in [5.41, 5.74) is -1.01. The van der Waals surface area contributed by atoms with Gasteiger partial charge >= 0.3 is 17.8 Å². The molecule has 0 bridgehead atoms. The van der Waals surface area contributed by atoms with Crippen LogP contribution in [0.4, 0.5) is 15.4 Å². The quantitative estimate of drug-likeness (QED) is 0.550. The molecule has 1 aromatic heterocycles. The van der Waals surface area contributed by atoms with Gasteiger partial charge in [0.15, 0.2) is 0 Å². The number of urea groups is 1. The Morgan fingerprint density at radius 2 is 1.58 bits per heavy atom. The first kappa shape index (κ1) is 28.4. The molecule has 0 radical (unpaired) electrons. The average Bonchev–Trinajstić information content (AvgIpc) is 2.82. The second kappa shape index (κ2) is 11.4. The van der Waals surface area contributed by atoms with E-state index >= 15 is 0 Å². The third-order valence-corrected chi connectivity index (χ3v) is 5.70. The van der Waals surface area contributed by atoms with E-state index in [0.29, 0.717) is 43.7 Å². The number of carbonyl (C=O) groups excluding carboxylic acids is 4. The second-order valence-electron chi connectivity index (χ2n) is 10.7. The second-order valence-corrected chi connectivity index (χ2v) is 10.7. The van der Waals surface area contributed by atoms with E-state index in [1.807, 2.05) is 0 Å². The van der Waals surface area contributed by atoms with E-state index in [1.54, 1.807) is 68.7 Å². The molecule has 1 aliphatic heterocycles. The lowest BCUT2D eigenvalue weighted by Crippen LogP contribution is -2.54. The number of benzene rings is 1. The molecular weight excluding hydrogens is 492 g/mol. The van der Waals surface area contributed by atoms with E-state index in [1.165, 1.54) is 16.8 Å². The molecule has 3 rings (SSSR count). The smallest absolute Gasteiger partial charge is 0.408 e. The largest absolute Gasteiger partial charge is 0.444 e. The minimum atomic E-state index is -0.809. The highest BCUT2D eigenvalue weighted by Gasteiger charge is 2.31. The van der Waals surface area contributed by atoms with Crippen molar-refractivity contribution in [2.45, 2.75) is 52.2 Å². The number of hydrogen-bond acceptors (Lipinski definition) is 7. The standard InChI is InChI=1S/C26H34N6O6/c1-25(2,3)38-24(37)29-26(4,5)16-21(34)30-12-14-31(15-13-30)22(35)27-20-10-11-32(23(36)28-20)19-8-6-18(17-33)7-9-19/h6-11,17H,12-16H2,1-5H3,(H,29,37)(H,27,28,35,36). The van der Waals surface area contributed by atoms with Gasteiger partial charge in [-0.25, -0.2) is 14.4 Å². The normalized spacial score (nSPS) is 14.0. The van der Waals surface area contributed by atoms with Crippen molar-refractivity contribution in [1.82, 2.24) is 24.7 Å². The number of nitrogens with one attached hydrogen (secondary N) is 2. The van der Waals surface area contributed by atoms with Gasteiger partial charge in [0.05, 0.1) is 5.69 Å². The monoisotopic (exact) mass is 526 g/mol. The maximum absolute atomic E-state index is 12.8. The van der Waals surface area contributed by atoms with Crippen molar-refractivity contribution in [2.24, 2.45) is 0 Å². The van der Waals surface area contributed by atoms with Crippen LogP contribution in [0.3, 0.4) is 0 Å². The van der Waals surface area contributed by atoms with Crippen molar-refractivity contribution >= 4 is 30.1 Å². The minimum absolute atomic E-state index is 0.0799. The maximum atomic E-state index is 12.8. The summed E-state index contributed by atoms with van der Waals surface area (Å²) >= 11 is 0. The summed E-state index contributed by atoms with van der Waals surface area (Å²) in [6.07, 6.45) is 1.69. The molecule has 1 aromatic carbocycles. The van der Waals surface area contributed by atoms with Gasteiger partial charge in [0.25, 0.3) is 0 Å². The van der Waals surface area contributed by atoms with Crippen molar-refractivity contribution in [3.05, 3.63) is 52.6 Å². The number of amides is 4. The first-order valence-electron chi connectivity index (χ1n) is 12.3. The molecule has 2 N–H and O–H groups in total. The lowest BCUT2D eigenvalue weighted by molar-refractivity contribution is -0.133. The van der Waals surface area contributed by atoms with Crippen LogP contribution in [0.1, 0.15) is 51.4 Å². The summed E-state index contributed by atoms with van der Waals surface area (Å²) in [5, 5.41) is 5.35. The Morgan fingerprint density at radius 3 is 2.13 bits per heavy atom. The molecule has 0 saturated carbocycles. The van der Waals surface area contributed by atoms with Crippen molar-refractivity contribution in [1.29, 1.82) is 0 Å². The highest BCUT2D eigenvalue weighted by Crippen LogP contribution is 2.16. The Hall–Kier alpha value is -4.22. The third-order valence-electron chi connectivity index (χ3n) is 5.70. The first-order chi connectivity index (χ1) is 17.8. The predicted octanol–water partition coefficient (Wildman–Crippen LogP) is 2.41. The predicted molar refractivity (Wildman–Crippen MR) is 140 cm³/mol. The molecule has 4 amide bonds. The third kappa shape index (κ3) is 7.89. The molecule has 1 saturated heterocycles. The van der Waals surface area contributed by atoms with Crippen molar-refractivity contribution in [2.75, 3.05) is 31.5 Å². The van der Waals surface area contributed by atoms with E-state index in [4.69, 9.17) is 4.74 Å². The van der Waals surface area contributed by atoms with Gasteiger partial charge in [-0.2, -0.15) is 4.98 Å². The summed E-state index contributed by atoms with van der Waals surface area (Å²) < 4.78 is 6.57. The topological polar surface area (TPSA) is 143 Å². The lowest BCUT2D eigenvalue weighted by atomic mass is 10.00. The summed E-state index contributed by atoms with van der Waals surface area (Å²) in [5.74, 6) is -0.0354. The van der Waals surface area contributed by atoms with Gasteiger partial charge in [-0.1, -0.05) is 0 Å². The Bertz CT molecular complexity index is 1240. The molecule has 0 aliphatic carbocycles. The number of hydrogen-bond donors (Lipinski definition) is 2. The van der Waals surface area contributed by atoms with Gasteiger partial charge < -0.3 is 19.9 Å². The maximum Gasteiger partial charge on any atom is 0.408 e. The number of aldehydes is 1. The highest BCUT2D eigenvalue weighted by atomic mass is 16.6. The van der Waals surface area contributed by atoms with Crippen LogP contribution < -0.4 is 16.3 Å². The zero-order chi connectivity index (χ0) is 28.1. The molecule has 12 nitrogen and oxygen atoms in total. The first-order valence-corrected chi connectivity index (χ1v) is 12.3. The average molecular weight is 527 g/mol. The van der Waals surface area contributed by atoms with Gasteiger partial charge in [-0.05, 0) is 65.0 Å². The number of carbonyl (C=O) groups is 4. The molecule has 0 unspecified atom stereocenters. The molecule has 12 heteroatoms. The summed E-state index contributed by atoms with van der Waals surface area (Å²) in [6.45, 7) is 10.1. The van der Waals surface area contributed by atoms with E-state index in [9.17, 15) is 24.0 Å². The Morgan fingerprint density at radius 1 is 0.974 bits per heavy atom.